The lowest BCUT2D eigenvalue weighted by molar-refractivity contribution is -0.128. The van der Waals surface area contributed by atoms with Crippen molar-refractivity contribution < 1.29 is 14.3 Å². The minimum atomic E-state index is -0.606. The second-order valence-electron chi connectivity index (χ2n) is 10.4. The third-order valence-corrected chi connectivity index (χ3v) is 8.19. The van der Waals surface area contributed by atoms with Gasteiger partial charge in [-0.1, -0.05) is 30.1 Å². The van der Waals surface area contributed by atoms with Crippen molar-refractivity contribution in [2.75, 3.05) is 10.6 Å². The molecule has 1 amide bonds. The zero-order chi connectivity index (χ0) is 26.3. The Morgan fingerprint density at radius 3 is 2.65 bits per heavy atom. The number of benzene rings is 1. The fourth-order valence-corrected chi connectivity index (χ4v) is 5.91. The summed E-state index contributed by atoms with van der Waals surface area (Å²) in [5.74, 6) is -0.109. The maximum absolute atomic E-state index is 14.8. The fraction of sp³-hybridized carbons (Fsp3) is 0.520. The largest absolute Gasteiger partial charge is 0.393 e. The molecule has 12 heteroatoms. The number of anilines is 3. The van der Waals surface area contributed by atoms with Crippen LogP contribution >= 0.6 is 23.2 Å². The molecule has 2 heterocycles. The first-order valence-electron chi connectivity index (χ1n) is 12.5. The molecule has 2 aliphatic carbocycles. The van der Waals surface area contributed by atoms with E-state index in [4.69, 9.17) is 33.9 Å². The van der Waals surface area contributed by atoms with Crippen LogP contribution in [0, 0.1) is 11.2 Å². The molecule has 198 valence electrons. The SMILES string of the molecule is C[C@]1(C(N)=O)CC[C@H](n2c(Nc3c(F)cc(Cl)cc3Cl)nc3cnc(N[C@H]4CCC[C@H](O)C4)nc32)CC1. The Kier molecular flexibility index (Phi) is 7.17. The number of primary amides is 1. The number of halogens is 3. The molecule has 5 N–H and O–H groups in total. The Balaban J connectivity index is 1.52. The van der Waals surface area contributed by atoms with Crippen molar-refractivity contribution in [2.24, 2.45) is 11.1 Å². The molecule has 0 radical (unpaired) electrons. The van der Waals surface area contributed by atoms with Gasteiger partial charge in [0.25, 0.3) is 0 Å². The van der Waals surface area contributed by atoms with Crippen molar-refractivity contribution >= 4 is 57.9 Å². The Bertz CT molecular complexity index is 1300. The van der Waals surface area contributed by atoms with Gasteiger partial charge in [0.1, 0.15) is 11.3 Å². The molecular formula is C25H30Cl2FN7O2. The fourth-order valence-electron chi connectivity index (χ4n) is 5.39. The first-order valence-corrected chi connectivity index (χ1v) is 13.3. The van der Waals surface area contributed by atoms with Crippen LogP contribution in [-0.4, -0.2) is 42.7 Å². The minimum Gasteiger partial charge on any atom is -0.393 e. The van der Waals surface area contributed by atoms with E-state index in [1.165, 1.54) is 12.1 Å². The predicted octanol–water partition coefficient (Wildman–Crippen LogP) is 5.34. The normalized spacial score (nSPS) is 26.2. The van der Waals surface area contributed by atoms with Gasteiger partial charge < -0.3 is 21.5 Å². The standard InChI is InChI=1S/C25H30Cl2FN7O2/c1-25(22(29)37)7-5-15(6-8-25)35-21-19(12-30-23(34-21)31-14-3-2-4-16(36)11-14)32-24(35)33-20-17(27)9-13(26)10-18(20)28/h9-10,12,14-16,36H,2-8,11H2,1H3,(H2,29,37)(H,32,33)(H,30,31,34)/t14-,15-,16-,25-/m0/s1. The van der Waals surface area contributed by atoms with E-state index in [1.807, 2.05) is 11.5 Å². The summed E-state index contributed by atoms with van der Waals surface area (Å²) in [5.41, 5.74) is 6.26. The number of aromatic nitrogens is 4. The van der Waals surface area contributed by atoms with Crippen LogP contribution in [0.4, 0.5) is 22.0 Å². The summed E-state index contributed by atoms with van der Waals surface area (Å²) in [4.78, 5) is 25.9. The van der Waals surface area contributed by atoms with E-state index in [2.05, 4.69) is 20.6 Å². The number of amides is 1. The number of aliphatic hydroxyl groups excluding tert-OH is 1. The number of hydrogen-bond acceptors (Lipinski definition) is 7. The molecule has 0 bridgehead atoms. The monoisotopic (exact) mass is 549 g/mol. The molecule has 0 unspecified atom stereocenters. The lowest BCUT2D eigenvalue weighted by atomic mass is 9.73. The van der Waals surface area contributed by atoms with Gasteiger partial charge in [0.05, 0.1) is 23.0 Å². The van der Waals surface area contributed by atoms with Crippen molar-refractivity contribution in [3.05, 3.63) is 34.2 Å². The molecular weight excluding hydrogens is 520 g/mol. The van der Waals surface area contributed by atoms with E-state index in [0.29, 0.717) is 55.2 Å². The van der Waals surface area contributed by atoms with Crippen LogP contribution in [0.3, 0.4) is 0 Å². The van der Waals surface area contributed by atoms with Crippen LogP contribution < -0.4 is 16.4 Å². The average Bonchev–Trinajstić information content (AvgIpc) is 3.19. The number of carbonyl (C=O) groups excluding carboxylic acids is 1. The molecule has 5 rings (SSSR count). The molecule has 2 aliphatic rings. The number of aliphatic hydroxyl groups is 1. The van der Waals surface area contributed by atoms with Crippen molar-refractivity contribution in [1.29, 1.82) is 0 Å². The van der Waals surface area contributed by atoms with E-state index in [-0.39, 0.29) is 39.8 Å². The first-order chi connectivity index (χ1) is 17.6. The van der Waals surface area contributed by atoms with E-state index < -0.39 is 11.2 Å². The van der Waals surface area contributed by atoms with E-state index in [9.17, 15) is 14.3 Å². The van der Waals surface area contributed by atoms with Crippen molar-refractivity contribution in [3.63, 3.8) is 0 Å². The lowest BCUT2D eigenvalue weighted by Crippen LogP contribution is -2.38. The topological polar surface area (TPSA) is 131 Å². The number of carbonyl (C=O) groups is 1. The highest BCUT2D eigenvalue weighted by Crippen LogP contribution is 2.43. The molecule has 3 aromatic rings. The third-order valence-electron chi connectivity index (χ3n) is 7.67. The van der Waals surface area contributed by atoms with Crippen LogP contribution in [-0.2, 0) is 4.79 Å². The zero-order valence-electron chi connectivity index (χ0n) is 20.5. The second-order valence-corrected chi connectivity index (χ2v) is 11.2. The van der Waals surface area contributed by atoms with Gasteiger partial charge in [0.15, 0.2) is 5.65 Å². The summed E-state index contributed by atoms with van der Waals surface area (Å²) < 4.78 is 16.7. The molecule has 0 aliphatic heterocycles. The van der Waals surface area contributed by atoms with E-state index in [1.54, 1.807) is 6.20 Å². The molecule has 9 nitrogen and oxygen atoms in total. The molecule has 2 fully saturated rings. The summed E-state index contributed by atoms with van der Waals surface area (Å²) >= 11 is 12.3. The average molecular weight is 550 g/mol. The summed E-state index contributed by atoms with van der Waals surface area (Å²) in [7, 11) is 0. The molecule has 0 spiro atoms. The number of rotatable bonds is 6. The highest BCUT2D eigenvalue weighted by Gasteiger charge is 2.38. The molecule has 2 atom stereocenters. The number of imidazole rings is 1. The zero-order valence-corrected chi connectivity index (χ0v) is 22.0. The summed E-state index contributed by atoms with van der Waals surface area (Å²) in [6.07, 6.45) is 7.13. The van der Waals surface area contributed by atoms with Crippen LogP contribution in [0.5, 0.6) is 0 Å². The minimum absolute atomic E-state index is 0.0582. The van der Waals surface area contributed by atoms with Crippen molar-refractivity contribution in [2.45, 2.75) is 76.5 Å². The maximum atomic E-state index is 14.8. The van der Waals surface area contributed by atoms with Gasteiger partial charge in [-0.3, -0.25) is 9.36 Å². The molecule has 37 heavy (non-hydrogen) atoms. The quantitative estimate of drug-likeness (QED) is 0.326. The van der Waals surface area contributed by atoms with Crippen molar-refractivity contribution in [3.8, 4) is 0 Å². The van der Waals surface area contributed by atoms with Gasteiger partial charge in [-0.15, -0.1) is 0 Å². The lowest BCUT2D eigenvalue weighted by Gasteiger charge is -2.35. The highest BCUT2D eigenvalue weighted by molar-refractivity contribution is 6.36. The first kappa shape index (κ1) is 25.9. The Labute approximate surface area is 224 Å². The number of nitrogens with two attached hydrogens (primary N) is 1. The summed E-state index contributed by atoms with van der Waals surface area (Å²) in [6.45, 7) is 1.89. The summed E-state index contributed by atoms with van der Waals surface area (Å²) in [6, 6.07) is 2.65. The molecule has 1 aromatic carbocycles. The highest BCUT2D eigenvalue weighted by atomic mass is 35.5. The Morgan fingerprint density at radius 2 is 1.97 bits per heavy atom. The van der Waals surface area contributed by atoms with Crippen LogP contribution in [0.15, 0.2) is 18.3 Å². The third kappa shape index (κ3) is 5.32. The van der Waals surface area contributed by atoms with Gasteiger partial charge >= 0.3 is 0 Å². The number of nitrogens with zero attached hydrogens (tertiary/aromatic N) is 4. The number of fused-ring (bicyclic) bond motifs is 1. The second kappa shape index (κ2) is 10.2. The van der Waals surface area contributed by atoms with Gasteiger partial charge in [-0.05, 0) is 63.5 Å². The number of hydrogen-bond donors (Lipinski definition) is 4. The summed E-state index contributed by atoms with van der Waals surface area (Å²) in [5, 5.41) is 16.7. The van der Waals surface area contributed by atoms with Gasteiger partial charge in [0.2, 0.25) is 17.8 Å². The molecule has 0 saturated heterocycles. The Morgan fingerprint density at radius 1 is 1.22 bits per heavy atom. The Hall–Kier alpha value is -2.69. The van der Waals surface area contributed by atoms with Gasteiger partial charge in [0, 0.05) is 22.5 Å². The van der Waals surface area contributed by atoms with Crippen LogP contribution in [0.2, 0.25) is 10.0 Å². The van der Waals surface area contributed by atoms with Crippen LogP contribution in [0.1, 0.15) is 64.3 Å². The molecule has 2 aromatic heterocycles. The number of nitrogens with one attached hydrogen (secondary N) is 2. The smallest absolute Gasteiger partial charge is 0.224 e. The van der Waals surface area contributed by atoms with Gasteiger partial charge in [-0.2, -0.15) is 4.98 Å². The molecule has 2 saturated carbocycles. The van der Waals surface area contributed by atoms with E-state index in [0.717, 1.165) is 19.3 Å². The van der Waals surface area contributed by atoms with E-state index >= 15 is 0 Å². The maximum Gasteiger partial charge on any atom is 0.224 e. The predicted molar refractivity (Wildman–Crippen MR) is 142 cm³/mol. The van der Waals surface area contributed by atoms with Crippen molar-refractivity contribution in [1.82, 2.24) is 19.5 Å². The van der Waals surface area contributed by atoms with Gasteiger partial charge in [-0.25, -0.2) is 14.4 Å². The van der Waals surface area contributed by atoms with Crippen LogP contribution in [0.25, 0.3) is 11.2 Å².